The van der Waals surface area contributed by atoms with Crippen LogP contribution in [0.15, 0.2) is 88.6 Å². The summed E-state index contributed by atoms with van der Waals surface area (Å²) in [5.74, 6) is -0.326. The van der Waals surface area contributed by atoms with Gasteiger partial charge in [-0.15, -0.1) is 10.2 Å². The van der Waals surface area contributed by atoms with Crippen LogP contribution in [0.25, 0.3) is 0 Å². The first-order chi connectivity index (χ1) is 15.3. The number of furan rings is 2. The minimum atomic E-state index is -4.94. The number of benzene rings is 1. The Morgan fingerprint density at radius 2 is 1.47 bits per heavy atom. The van der Waals surface area contributed by atoms with Crippen molar-refractivity contribution in [1.82, 2.24) is 0 Å². The minimum Gasteiger partial charge on any atom is -0.472 e. The van der Waals surface area contributed by atoms with Crippen molar-refractivity contribution >= 4 is 0 Å². The number of hydrogen-bond acceptors (Lipinski definition) is 6. The van der Waals surface area contributed by atoms with Crippen molar-refractivity contribution in [3.05, 3.63) is 114 Å². The van der Waals surface area contributed by atoms with E-state index >= 15 is 4.39 Å². The molecule has 0 spiro atoms. The number of rotatable bonds is 2. The maximum Gasteiger partial charge on any atom is 0.226 e. The monoisotopic (exact) mass is 457 g/mol. The summed E-state index contributed by atoms with van der Waals surface area (Å²) >= 11 is 0. The highest BCUT2D eigenvalue weighted by atomic mass is 35.7. The number of fused-ring (bicyclic) bond motifs is 1. The van der Waals surface area contributed by atoms with E-state index in [9.17, 15) is 0 Å². The molecule has 0 N–H and O–H groups in total. The molecule has 1 aliphatic carbocycles. The van der Waals surface area contributed by atoms with Gasteiger partial charge in [0.1, 0.15) is 0 Å². The lowest BCUT2D eigenvalue weighted by Gasteiger charge is -2.48. The molecule has 32 heavy (non-hydrogen) atoms. The van der Waals surface area contributed by atoms with Crippen molar-refractivity contribution in [1.29, 1.82) is 0 Å². The normalized spacial score (nSPS) is 20.2. The Morgan fingerprint density at radius 1 is 0.875 bits per heavy atom. The highest BCUT2D eigenvalue weighted by molar-refractivity contribution is 5.53. The minimum absolute atomic E-state index is 0.0571. The molecular weight excluding hydrogens is 441 g/mol. The van der Waals surface area contributed by atoms with Crippen LogP contribution in [0.5, 0.6) is 0 Å². The van der Waals surface area contributed by atoms with Crippen molar-refractivity contribution in [3.63, 3.8) is 0 Å². The number of halogens is 2. The number of aromatic nitrogens is 1. The van der Waals surface area contributed by atoms with E-state index in [0.29, 0.717) is 0 Å². The molecule has 164 valence electrons. The fraction of sp³-hybridized carbons (Fsp3) is 0.174. The zero-order valence-corrected chi connectivity index (χ0v) is 17.3. The van der Waals surface area contributed by atoms with E-state index in [1.165, 1.54) is 11.1 Å². The van der Waals surface area contributed by atoms with E-state index < -0.39 is 15.7 Å². The number of nitrogens with zero attached hydrogens (tertiary/aromatic N) is 1. The Kier molecular flexibility index (Phi) is 4.92. The summed E-state index contributed by atoms with van der Waals surface area (Å²) in [4.78, 5) is 0. The first-order valence-corrected chi connectivity index (χ1v) is 11.0. The molecule has 7 rings (SSSR count). The third-order valence-electron chi connectivity index (χ3n) is 6.37. The van der Waals surface area contributed by atoms with Crippen LogP contribution in [-0.4, -0.2) is 0 Å². The summed E-state index contributed by atoms with van der Waals surface area (Å²) in [5.41, 5.74) is 4.87. The molecule has 3 aliphatic rings. The summed E-state index contributed by atoms with van der Waals surface area (Å²) in [6.07, 6.45) is 9.81. The molecule has 0 saturated carbocycles. The second kappa shape index (κ2) is 7.54. The van der Waals surface area contributed by atoms with Crippen molar-refractivity contribution in [2.45, 2.75) is 23.8 Å². The molecule has 4 aromatic rings. The van der Waals surface area contributed by atoms with Gasteiger partial charge in [0.25, 0.3) is 0 Å². The number of hydrogen-bond donors (Lipinski definition) is 0. The first kappa shape index (κ1) is 20.9. The molecule has 2 aliphatic heterocycles. The Morgan fingerprint density at radius 3 is 2.03 bits per heavy atom. The smallest absolute Gasteiger partial charge is 0.226 e. The molecule has 5 heterocycles. The van der Waals surface area contributed by atoms with Crippen LogP contribution in [0.4, 0.5) is 4.39 Å². The molecule has 7 nitrogen and oxygen atoms in total. The van der Waals surface area contributed by atoms with Gasteiger partial charge >= 0.3 is 0 Å². The topological polar surface area (TPSA) is 122 Å². The molecule has 0 radical (unpaired) electrons. The maximum absolute atomic E-state index is 15.2. The molecule has 0 amide bonds. The average molecular weight is 458 g/mol. The molecule has 0 fully saturated rings. The van der Waals surface area contributed by atoms with Gasteiger partial charge in [-0.1, -0.05) is 24.3 Å². The SMILES string of the molecule is Fc1ccc[n+]2c1C1c3ccccc3C2CC1(c1ccoc1)c1ccoc1.[O-][Cl+3]([O-])([O-])[O-]. The summed E-state index contributed by atoms with van der Waals surface area (Å²) < 4.78 is 62.2. The summed E-state index contributed by atoms with van der Waals surface area (Å²) in [7, 11) is -4.94. The molecular formula is C23H17ClFNO6. The molecule has 2 unspecified atom stereocenters. The van der Waals surface area contributed by atoms with Crippen LogP contribution >= 0.6 is 0 Å². The van der Waals surface area contributed by atoms with Crippen LogP contribution < -0.4 is 23.2 Å². The quantitative estimate of drug-likeness (QED) is 0.389. The van der Waals surface area contributed by atoms with E-state index in [4.69, 9.17) is 27.5 Å². The van der Waals surface area contributed by atoms with Crippen LogP contribution in [0.2, 0.25) is 0 Å². The maximum atomic E-state index is 15.2. The summed E-state index contributed by atoms with van der Waals surface area (Å²) in [5, 5.41) is 0. The molecule has 1 aromatic carbocycles. The van der Waals surface area contributed by atoms with Gasteiger partial charge < -0.3 is 8.83 Å². The largest absolute Gasteiger partial charge is 0.472 e. The van der Waals surface area contributed by atoms with Gasteiger partial charge in [0.15, 0.2) is 18.1 Å². The van der Waals surface area contributed by atoms with Crippen molar-refractivity contribution < 1.29 is 46.7 Å². The summed E-state index contributed by atoms with van der Waals surface area (Å²) in [6, 6.07) is 15.8. The second-order valence-electron chi connectivity index (χ2n) is 7.80. The van der Waals surface area contributed by atoms with Gasteiger partial charge in [0.05, 0.1) is 36.4 Å². The standard InChI is InChI=1S/C23H17FNO2.ClHO4/c24-19-6-3-9-25-20-12-23(15-7-10-26-13-15,16-8-11-27-14-16)21(22(19)25)18-5-2-1-4-17(18)20;2-1(3,4)5/h1-11,13-14,20-21H,12H2;(H,2,3,4,5)/q+1;/p-1. The van der Waals surface area contributed by atoms with Crippen molar-refractivity contribution in [2.75, 3.05) is 0 Å². The van der Waals surface area contributed by atoms with Gasteiger partial charge in [0.2, 0.25) is 5.69 Å². The number of pyridine rings is 1. The Balaban J connectivity index is 0.000000393. The zero-order chi connectivity index (χ0) is 22.5. The van der Waals surface area contributed by atoms with Gasteiger partial charge in [-0.25, -0.2) is 23.0 Å². The van der Waals surface area contributed by atoms with Crippen LogP contribution in [0.3, 0.4) is 0 Å². The van der Waals surface area contributed by atoms with Crippen molar-refractivity contribution in [3.8, 4) is 0 Å². The Hall–Kier alpha value is -3.01. The Bertz CT molecular complexity index is 1200. The highest BCUT2D eigenvalue weighted by Crippen LogP contribution is 2.59. The van der Waals surface area contributed by atoms with Gasteiger partial charge in [-0.05, 0) is 23.8 Å². The third kappa shape index (κ3) is 3.24. The van der Waals surface area contributed by atoms with E-state index in [0.717, 1.165) is 23.2 Å². The first-order valence-electron chi connectivity index (χ1n) is 9.76. The zero-order valence-electron chi connectivity index (χ0n) is 16.5. The van der Waals surface area contributed by atoms with Gasteiger partial charge in [-0.2, -0.15) is 4.57 Å². The predicted molar refractivity (Wildman–Crippen MR) is 95.8 cm³/mol. The molecule has 2 bridgehead atoms. The van der Waals surface area contributed by atoms with E-state index in [1.54, 1.807) is 37.2 Å². The fourth-order valence-electron chi connectivity index (χ4n) is 5.34. The molecule has 2 atom stereocenters. The summed E-state index contributed by atoms with van der Waals surface area (Å²) in [6.45, 7) is 0. The van der Waals surface area contributed by atoms with Crippen molar-refractivity contribution in [2.24, 2.45) is 0 Å². The van der Waals surface area contributed by atoms with E-state index in [2.05, 4.69) is 22.8 Å². The molecule has 9 heteroatoms. The average Bonchev–Trinajstić information content (AvgIpc) is 3.47. The van der Waals surface area contributed by atoms with E-state index in [-0.39, 0.29) is 17.8 Å². The third-order valence-corrected chi connectivity index (χ3v) is 6.37. The van der Waals surface area contributed by atoms with Gasteiger partial charge in [-0.3, -0.25) is 0 Å². The van der Waals surface area contributed by atoms with Crippen LogP contribution in [0.1, 0.15) is 46.3 Å². The molecule has 0 saturated heterocycles. The van der Waals surface area contributed by atoms with Crippen LogP contribution in [0, 0.1) is 16.1 Å². The van der Waals surface area contributed by atoms with E-state index in [1.807, 2.05) is 24.4 Å². The van der Waals surface area contributed by atoms with Crippen LogP contribution in [-0.2, 0) is 5.41 Å². The Labute approximate surface area is 184 Å². The highest BCUT2D eigenvalue weighted by Gasteiger charge is 2.61. The van der Waals surface area contributed by atoms with Gasteiger partial charge in [0, 0.05) is 29.2 Å². The fourth-order valence-corrected chi connectivity index (χ4v) is 5.34. The lowest BCUT2D eigenvalue weighted by Crippen LogP contribution is -2.68. The lowest BCUT2D eigenvalue weighted by atomic mass is 9.54. The lowest BCUT2D eigenvalue weighted by molar-refractivity contribution is -2.00. The predicted octanol–water partition coefficient (Wildman–Crippen LogP) is -0.0321. The second-order valence-corrected chi connectivity index (χ2v) is 8.56. The molecule has 3 aromatic heterocycles.